The molecule has 554 valence electrons. The minimum absolute atomic E-state index is 0.877. The van der Waals surface area contributed by atoms with Crippen LogP contribution in [0, 0.1) is 48.5 Å². The lowest BCUT2D eigenvalue weighted by Gasteiger charge is -2.06. The van der Waals surface area contributed by atoms with Crippen molar-refractivity contribution in [2.45, 2.75) is 48.5 Å². The van der Waals surface area contributed by atoms with Crippen molar-refractivity contribution in [1.29, 1.82) is 0 Å². The van der Waals surface area contributed by atoms with Gasteiger partial charge < -0.3 is 17.7 Å². The molecule has 10 heteroatoms. The Labute approximate surface area is 665 Å². The average molecular weight is 1490 g/mol. The van der Waals surface area contributed by atoms with Gasteiger partial charge in [0.25, 0.3) is 22.8 Å². The number of hydrogen-bond acceptors (Lipinski definition) is 6. The lowest BCUT2D eigenvalue weighted by atomic mass is 9.97. The number of hydrogen-bond donors (Lipinski definition) is 0. The summed E-state index contributed by atoms with van der Waals surface area (Å²) >= 11 is 0. The van der Waals surface area contributed by atoms with Crippen molar-refractivity contribution < 1.29 is 35.9 Å². The minimum Gasteiger partial charge on any atom is -0.449 e. The molecule has 0 unspecified atom stereocenters. The van der Waals surface area contributed by atoms with E-state index in [0.29, 0.717) is 0 Å². The van der Waals surface area contributed by atoms with Crippen molar-refractivity contribution >= 4 is 131 Å². The molecule has 0 aliphatic heterocycles. The topological polar surface area (TPSA) is 93.9 Å². The maximum atomic E-state index is 6.52. The standard InChI is InChI=1S/C31H26NO.C30H24NO.2C22H17N2O/c1-19-5-8-22(9-6-19)23-10-13-26-24(18-23)11-14-28-29(26)27-15-16-32(4)30(31(27)33-28)25-12-7-20(2)17-21(25)3;1-19-8-10-21(11-9-19)22-12-14-25-23(18-22)13-15-27-28(25)26-16-17-31(3)29(30(26)32-27)24-7-5-4-6-20(24)2;1-14-6-3-4-8-16(14)21-22-17(11-13-24(21)2)19-18(25-22)10-9-15-7-5-12-23-20(15)19;1-14-6-3-4-7-15(14)21-22-17(11-13-24(21)2)20-16-8-5-12-23-18(16)9-10-19(20)25-22/h5-18H,1-4H3;4-18H,1-3H3;2*3-13H,1-2H3/q4*+1. The number of aryl methyl sites for hydroxylation is 11. The summed E-state index contributed by atoms with van der Waals surface area (Å²) in [7, 11) is 8.30. The zero-order valence-electron chi connectivity index (χ0n) is 66.3. The molecule has 0 atom stereocenters. The Morgan fingerprint density at radius 1 is 0.243 bits per heavy atom. The van der Waals surface area contributed by atoms with E-state index in [1.807, 2.05) is 42.7 Å². The Hall–Kier alpha value is -14.2. The van der Waals surface area contributed by atoms with E-state index in [9.17, 15) is 0 Å². The van der Waals surface area contributed by atoms with Crippen molar-refractivity contribution in [1.82, 2.24) is 9.97 Å². The fraction of sp³-hybridized carbons (Fsp3) is 0.105. The van der Waals surface area contributed by atoms with Crippen LogP contribution in [0.3, 0.4) is 0 Å². The summed E-state index contributed by atoms with van der Waals surface area (Å²) in [4.78, 5) is 9.09. The van der Waals surface area contributed by atoms with Gasteiger partial charge in [0.05, 0.1) is 38.7 Å². The zero-order chi connectivity index (χ0) is 78.4. The molecule has 10 nitrogen and oxygen atoms in total. The molecule has 22 rings (SSSR count). The molecule has 0 fully saturated rings. The third-order valence-electron chi connectivity index (χ3n) is 23.1. The molecular formula is C105H84N6O4+4. The van der Waals surface area contributed by atoms with Crippen molar-refractivity contribution in [3.63, 3.8) is 0 Å². The SMILES string of the molecule is Cc1ccc(-c2ccc3c(ccc4oc5c(-c6ccc(C)cc6C)[n+](C)ccc5c43)c2)cc1.Cc1ccc(-c2ccc3c(ccc4oc5c(-c6ccccc6C)[n+](C)ccc5c43)c2)cc1.Cc1ccccc1-c1c2oc3ccc4cccnc4c3c2cc[n+]1C.Cc1ccccc1-c1c2oc3ccc4ncccc4c3c2cc[n+]1C. The summed E-state index contributed by atoms with van der Waals surface area (Å²) in [6, 6.07) is 96.3. The Morgan fingerprint density at radius 3 is 1.03 bits per heavy atom. The quantitative estimate of drug-likeness (QED) is 0.154. The molecule has 115 heavy (non-hydrogen) atoms. The highest BCUT2D eigenvalue weighted by molar-refractivity contribution is 6.23. The third kappa shape index (κ3) is 12.5. The van der Waals surface area contributed by atoms with Gasteiger partial charge in [0.1, 0.15) is 50.5 Å². The van der Waals surface area contributed by atoms with Crippen molar-refractivity contribution in [2.75, 3.05) is 0 Å². The van der Waals surface area contributed by atoms with E-state index in [1.54, 1.807) is 0 Å². The number of pyridine rings is 6. The Morgan fingerprint density at radius 2 is 0.600 bits per heavy atom. The second-order valence-electron chi connectivity index (χ2n) is 30.7. The molecule has 0 spiro atoms. The molecule has 12 aromatic carbocycles. The van der Waals surface area contributed by atoms with Crippen molar-refractivity contribution in [2.24, 2.45) is 28.2 Å². The zero-order valence-corrected chi connectivity index (χ0v) is 66.3. The lowest BCUT2D eigenvalue weighted by molar-refractivity contribution is -0.659. The normalized spacial score (nSPS) is 11.6. The summed E-state index contributed by atoms with van der Waals surface area (Å²) in [5, 5.41) is 16.3. The second-order valence-corrected chi connectivity index (χ2v) is 30.7. The number of fused-ring (bicyclic) bond motifs is 20. The molecule has 0 saturated heterocycles. The molecule has 0 aliphatic carbocycles. The van der Waals surface area contributed by atoms with E-state index >= 15 is 0 Å². The summed E-state index contributed by atoms with van der Waals surface area (Å²) in [5.41, 5.74) is 32.3. The molecule has 0 radical (unpaired) electrons. The summed E-state index contributed by atoms with van der Waals surface area (Å²) in [6.45, 7) is 15.0. The van der Waals surface area contributed by atoms with Crippen LogP contribution in [-0.4, -0.2) is 9.97 Å². The van der Waals surface area contributed by atoms with Crippen LogP contribution >= 0.6 is 0 Å². The first-order chi connectivity index (χ1) is 56.1. The number of aromatic nitrogens is 6. The van der Waals surface area contributed by atoms with Crippen LogP contribution in [0.4, 0.5) is 0 Å². The summed E-state index contributed by atoms with van der Waals surface area (Å²) < 4.78 is 34.2. The Kier molecular flexibility index (Phi) is 17.8. The predicted molar refractivity (Wildman–Crippen MR) is 471 cm³/mol. The van der Waals surface area contributed by atoms with E-state index < -0.39 is 0 Å². The maximum absolute atomic E-state index is 6.52. The Balaban J connectivity index is 0.000000103. The van der Waals surface area contributed by atoms with Crippen LogP contribution in [0.15, 0.2) is 328 Å². The van der Waals surface area contributed by atoms with Crippen molar-refractivity contribution in [3.05, 3.63) is 349 Å². The third-order valence-corrected chi connectivity index (χ3v) is 23.1. The van der Waals surface area contributed by atoms with Crippen LogP contribution in [-0.2, 0) is 28.2 Å². The van der Waals surface area contributed by atoms with Crippen LogP contribution in [0.1, 0.15) is 38.9 Å². The molecule has 0 bridgehead atoms. The van der Waals surface area contributed by atoms with Gasteiger partial charge in [-0.3, -0.25) is 9.97 Å². The van der Waals surface area contributed by atoms with Gasteiger partial charge in [-0.25, -0.2) is 0 Å². The van der Waals surface area contributed by atoms with Gasteiger partial charge >= 0.3 is 0 Å². The molecule has 0 N–H and O–H groups in total. The fourth-order valence-corrected chi connectivity index (χ4v) is 17.1. The Bertz CT molecular complexity index is 7470. The van der Waals surface area contributed by atoms with E-state index in [-0.39, 0.29) is 0 Å². The van der Waals surface area contributed by atoms with Crippen LogP contribution < -0.4 is 18.3 Å². The first-order valence-electron chi connectivity index (χ1n) is 39.2. The van der Waals surface area contributed by atoms with Crippen LogP contribution in [0.5, 0.6) is 0 Å². The monoisotopic (exact) mass is 1490 g/mol. The number of benzene rings is 12. The number of nitrogens with zero attached hydrogens (tertiary/aromatic N) is 6. The van der Waals surface area contributed by atoms with Crippen LogP contribution in [0.2, 0.25) is 0 Å². The van der Waals surface area contributed by atoms with E-state index in [4.69, 9.17) is 17.7 Å². The maximum Gasteiger partial charge on any atom is 0.256 e. The summed E-state index contributed by atoms with van der Waals surface area (Å²) in [5.74, 6) is 0. The molecule has 22 aromatic rings. The average Bonchev–Trinajstić information content (AvgIpc) is 1.61. The molecule has 0 amide bonds. The largest absolute Gasteiger partial charge is 0.449 e. The molecule has 10 heterocycles. The second kappa shape index (κ2) is 28.8. The van der Waals surface area contributed by atoms with Crippen molar-refractivity contribution in [3.8, 4) is 67.3 Å². The molecule has 10 aromatic heterocycles. The van der Waals surface area contributed by atoms with Gasteiger partial charge in [-0.2, -0.15) is 18.3 Å². The smallest absolute Gasteiger partial charge is 0.256 e. The first-order valence-corrected chi connectivity index (χ1v) is 39.2. The molecular weight excluding hydrogens is 1410 g/mol. The van der Waals surface area contributed by atoms with Gasteiger partial charge in [0.2, 0.25) is 22.3 Å². The van der Waals surface area contributed by atoms with E-state index in [1.165, 1.54) is 116 Å². The molecule has 0 aliphatic rings. The van der Waals surface area contributed by atoms with Gasteiger partial charge in [0, 0.05) is 85.1 Å². The fourth-order valence-electron chi connectivity index (χ4n) is 17.1. The first kappa shape index (κ1) is 71.1. The highest BCUT2D eigenvalue weighted by Crippen LogP contribution is 2.44. The minimum atomic E-state index is 0.877. The predicted octanol–water partition coefficient (Wildman–Crippen LogP) is 25.2. The van der Waals surface area contributed by atoms with Crippen LogP contribution in [0.25, 0.3) is 198 Å². The van der Waals surface area contributed by atoms with Gasteiger partial charge in [-0.1, -0.05) is 180 Å². The van der Waals surface area contributed by atoms with Gasteiger partial charge in [-0.05, 0) is 199 Å². The number of rotatable bonds is 6. The highest BCUT2D eigenvalue weighted by atomic mass is 16.3. The lowest BCUT2D eigenvalue weighted by Crippen LogP contribution is -2.30. The highest BCUT2D eigenvalue weighted by Gasteiger charge is 2.29. The van der Waals surface area contributed by atoms with E-state index in [2.05, 4.69) is 372 Å². The van der Waals surface area contributed by atoms with Gasteiger partial charge in [0.15, 0.2) is 24.8 Å². The van der Waals surface area contributed by atoms with E-state index in [0.717, 1.165) is 122 Å². The molecule has 0 saturated carbocycles. The van der Waals surface area contributed by atoms with Gasteiger partial charge in [-0.15, -0.1) is 0 Å². The number of furan rings is 4. The summed E-state index contributed by atoms with van der Waals surface area (Å²) in [6.07, 6.45) is 12.2.